The summed E-state index contributed by atoms with van der Waals surface area (Å²) in [6.45, 7) is 0.436. The first kappa shape index (κ1) is 13.0. The second-order valence-electron chi connectivity index (χ2n) is 3.28. The lowest BCUT2D eigenvalue weighted by Crippen LogP contribution is -2.08. The van der Waals surface area contributed by atoms with E-state index in [9.17, 15) is 4.79 Å². The summed E-state index contributed by atoms with van der Waals surface area (Å²) in [6, 6.07) is 7.38. The van der Waals surface area contributed by atoms with Crippen molar-refractivity contribution in [1.29, 1.82) is 0 Å². The van der Waals surface area contributed by atoms with Crippen LogP contribution in [-0.4, -0.2) is 12.6 Å². The molecule has 0 N–H and O–H groups in total. The molecule has 2 nitrogen and oxygen atoms in total. The molecule has 0 aliphatic heterocycles. The minimum Gasteiger partial charge on any atom is -0.462 e. The van der Waals surface area contributed by atoms with Crippen LogP contribution in [0.15, 0.2) is 24.3 Å². The lowest BCUT2D eigenvalue weighted by Gasteiger charge is -2.05. The highest BCUT2D eigenvalue weighted by molar-refractivity contribution is 14.1. The van der Waals surface area contributed by atoms with Crippen LogP contribution in [0, 0.1) is 15.9 Å². The predicted molar refractivity (Wildman–Crippen MR) is 72.1 cm³/mol. The van der Waals surface area contributed by atoms with Crippen molar-refractivity contribution in [2.24, 2.45) is 0 Å². The van der Waals surface area contributed by atoms with E-state index in [-0.39, 0.29) is 5.97 Å². The zero-order valence-electron chi connectivity index (χ0n) is 8.91. The Balaban J connectivity index is 2.36. The summed E-state index contributed by atoms with van der Waals surface area (Å²) in [5, 5.41) is 0. The van der Waals surface area contributed by atoms with Crippen molar-refractivity contribution in [2.45, 2.75) is 19.3 Å². The lowest BCUT2D eigenvalue weighted by molar-refractivity contribution is 0.0497. The molecule has 0 bridgehead atoms. The number of terminal acetylenes is 1. The van der Waals surface area contributed by atoms with Gasteiger partial charge in [-0.15, -0.1) is 12.3 Å². The molecule has 0 unspecified atom stereocenters. The maximum absolute atomic E-state index is 11.6. The van der Waals surface area contributed by atoms with Crippen LogP contribution in [0.1, 0.15) is 29.6 Å². The quantitative estimate of drug-likeness (QED) is 0.359. The van der Waals surface area contributed by atoms with Crippen LogP contribution >= 0.6 is 22.6 Å². The second kappa shape index (κ2) is 7.29. The maximum Gasteiger partial charge on any atom is 0.339 e. The first-order chi connectivity index (χ1) is 7.75. The summed E-state index contributed by atoms with van der Waals surface area (Å²) in [4.78, 5) is 11.6. The third kappa shape index (κ3) is 4.23. The smallest absolute Gasteiger partial charge is 0.339 e. The number of hydrogen-bond acceptors (Lipinski definition) is 2. The Labute approximate surface area is 110 Å². The monoisotopic (exact) mass is 328 g/mol. The van der Waals surface area contributed by atoms with Crippen LogP contribution in [0.3, 0.4) is 0 Å². The summed E-state index contributed by atoms with van der Waals surface area (Å²) in [7, 11) is 0. The van der Waals surface area contributed by atoms with E-state index in [0.717, 1.165) is 22.8 Å². The van der Waals surface area contributed by atoms with E-state index >= 15 is 0 Å². The molecular formula is C13H13IO2. The van der Waals surface area contributed by atoms with Crippen molar-refractivity contribution in [3.63, 3.8) is 0 Å². The minimum absolute atomic E-state index is 0.259. The molecule has 1 aromatic rings. The summed E-state index contributed by atoms with van der Waals surface area (Å²) in [5.74, 6) is 2.30. The number of carbonyl (C=O) groups is 1. The van der Waals surface area contributed by atoms with Crippen LogP contribution < -0.4 is 0 Å². The molecule has 0 fully saturated rings. The van der Waals surface area contributed by atoms with Crippen LogP contribution in [0.25, 0.3) is 0 Å². The molecule has 16 heavy (non-hydrogen) atoms. The molecule has 0 aliphatic rings. The average molecular weight is 328 g/mol. The van der Waals surface area contributed by atoms with E-state index in [2.05, 4.69) is 28.5 Å². The molecule has 0 aliphatic carbocycles. The Morgan fingerprint density at radius 1 is 1.38 bits per heavy atom. The molecule has 0 spiro atoms. The normalized spacial score (nSPS) is 9.50. The van der Waals surface area contributed by atoms with Crippen LogP contribution in [0.5, 0.6) is 0 Å². The first-order valence-corrected chi connectivity index (χ1v) is 6.18. The third-order valence-corrected chi connectivity index (χ3v) is 2.98. The van der Waals surface area contributed by atoms with Gasteiger partial charge in [0.15, 0.2) is 0 Å². The zero-order chi connectivity index (χ0) is 11.8. The predicted octanol–water partition coefficient (Wildman–Crippen LogP) is 3.25. The molecule has 0 saturated heterocycles. The minimum atomic E-state index is -0.259. The number of carbonyl (C=O) groups excluding carboxylic acids is 1. The van der Waals surface area contributed by atoms with Crippen LogP contribution in [-0.2, 0) is 4.74 Å². The van der Waals surface area contributed by atoms with E-state index in [1.807, 2.05) is 18.2 Å². The first-order valence-electron chi connectivity index (χ1n) is 5.11. The summed E-state index contributed by atoms with van der Waals surface area (Å²) in [5.41, 5.74) is 0.625. The van der Waals surface area contributed by atoms with Gasteiger partial charge in [-0.1, -0.05) is 12.1 Å². The van der Waals surface area contributed by atoms with E-state index in [1.165, 1.54) is 0 Å². The van der Waals surface area contributed by atoms with Gasteiger partial charge in [0.05, 0.1) is 12.2 Å². The Morgan fingerprint density at radius 2 is 2.12 bits per heavy atom. The van der Waals surface area contributed by atoms with Gasteiger partial charge in [-0.2, -0.15) is 0 Å². The Morgan fingerprint density at radius 3 is 2.81 bits per heavy atom. The largest absolute Gasteiger partial charge is 0.462 e. The van der Waals surface area contributed by atoms with E-state index in [0.29, 0.717) is 12.2 Å². The summed E-state index contributed by atoms with van der Waals surface area (Å²) >= 11 is 2.12. The van der Waals surface area contributed by atoms with Crippen molar-refractivity contribution >= 4 is 28.6 Å². The lowest BCUT2D eigenvalue weighted by atomic mass is 10.2. The number of rotatable bonds is 5. The highest BCUT2D eigenvalue weighted by Crippen LogP contribution is 2.12. The second-order valence-corrected chi connectivity index (χ2v) is 4.44. The topological polar surface area (TPSA) is 26.3 Å². The van der Waals surface area contributed by atoms with E-state index in [4.69, 9.17) is 11.2 Å². The van der Waals surface area contributed by atoms with E-state index in [1.54, 1.807) is 6.07 Å². The van der Waals surface area contributed by atoms with Gasteiger partial charge < -0.3 is 4.74 Å². The van der Waals surface area contributed by atoms with Gasteiger partial charge in [-0.3, -0.25) is 0 Å². The zero-order valence-corrected chi connectivity index (χ0v) is 11.1. The Kier molecular flexibility index (Phi) is 5.94. The number of hydrogen-bond donors (Lipinski definition) is 0. The van der Waals surface area contributed by atoms with Gasteiger partial charge in [-0.05, 0) is 47.6 Å². The van der Waals surface area contributed by atoms with Gasteiger partial charge in [-0.25, -0.2) is 4.79 Å². The number of ether oxygens (including phenoxy) is 1. The van der Waals surface area contributed by atoms with Crippen LogP contribution in [0.2, 0.25) is 0 Å². The fourth-order valence-corrected chi connectivity index (χ4v) is 1.81. The van der Waals surface area contributed by atoms with Crippen LogP contribution in [0.4, 0.5) is 0 Å². The number of benzene rings is 1. The summed E-state index contributed by atoms with van der Waals surface area (Å²) < 4.78 is 6.05. The fraction of sp³-hybridized carbons (Fsp3) is 0.308. The van der Waals surface area contributed by atoms with Crippen molar-refractivity contribution < 1.29 is 9.53 Å². The van der Waals surface area contributed by atoms with Crippen molar-refractivity contribution in [3.05, 3.63) is 33.4 Å². The van der Waals surface area contributed by atoms with E-state index < -0.39 is 0 Å². The Bertz CT molecular complexity index is 393. The van der Waals surface area contributed by atoms with Crippen molar-refractivity contribution in [2.75, 3.05) is 6.61 Å². The van der Waals surface area contributed by atoms with Gasteiger partial charge in [0.25, 0.3) is 0 Å². The molecule has 1 rings (SSSR count). The summed E-state index contributed by atoms with van der Waals surface area (Å²) in [6.07, 6.45) is 7.58. The molecule has 0 radical (unpaired) electrons. The standard InChI is InChI=1S/C13H13IO2/c1-2-3-4-7-10-16-13(15)11-8-5-6-9-12(11)14/h1,5-6,8-9H,3-4,7,10H2. The average Bonchev–Trinajstić information content (AvgIpc) is 2.29. The molecule has 1 aromatic carbocycles. The highest BCUT2D eigenvalue weighted by atomic mass is 127. The molecule has 0 saturated carbocycles. The van der Waals surface area contributed by atoms with Crippen molar-refractivity contribution in [3.8, 4) is 12.3 Å². The van der Waals surface area contributed by atoms with Gasteiger partial charge in [0.1, 0.15) is 0 Å². The molecule has 0 atom stereocenters. The molecule has 3 heteroatoms. The molecule has 0 amide bonds. The van der Waals surface area contributed by atoms with Gasteiger partial charge in [0, 0.05) is 9.99 Å². The number of halogens is 1. The number of unbranched alkanes of at least 4 members (excludes halogenated alkanes) is 2. The van der Waals surface area contributed by atoms with Gasteiger partial charge in [0.2, 0.25) is 0 Å². The molecular weight excluding hydrogens is 315 g/mol. The highest BCUT2D eigenvalue weighted by Gasteiger charge is 2.09. The Hall–Kier alpha value is -1.02. The number of esters is 1. The third-order valence-electron chi connectivity index (χ3n) is 2.04. The maximum atomic E-state index is 11.6. The molecule has 0 heterocycles. The fourth-order valence-electron chi connectivity index (χ4n) is 1.20. The SMILES string of the molecule is C#CCCCCOC(=O)c1ccccc1I. The molecule has 0 aromatic heterocycles. The molecule has 84 valence electrons. The van der Waals surface area contributed by atoms with Crippen molar-refractivity contribution in [1.82, 2.24) is 0 Å². The van der Waals surface area contributed by atoms with Gasteiger partial charge >= 0.3 is 5.97 Å².